The van der Waals surface area contributed by atoms with Crippen molar-refractivity contribution in [3.05, 3.63) is 126 Å². The molecule has 400 valence electrons. The van der Waals surface area contributed by atoms with Crippen LogP contribution >= 0.6 is 0 Å². The summed E-state index contributed by atoms with van der Waals surface area (Å²) in [6.45, 7) is 6.57. The maximum Gasteiger partial charge on any atom is 0.264 e. The first-order chi connectivity index (χ1) is 35.8. The summed E-state index contributed by atoms with van der Waals surface area (Å²) in [4.78, 5) is 44.2. The Bertz CT molecular complexity index is 2840. The molecule has 4 aliphatic rings. The van der Waals surface area contributed by atoms with Gasteiger partial charge in [0.1, 0.15) is 42.4 Å². The Kier molecular flexibility index (Phi) is 15.4. The number of aliphatic hydroxyl groups is 9. The van der Waals surface area contributed by atoms with Crippen molar-refractivity contribution in [3.8, 4) is 5.75 Å². The van der Waals surface area contributed by atoms with Crippen LogP contribution in [0.15, 0.2) is 103 Å². The normalized spacial score (nSPS) is 31.0. The summed E-state index contributed by atoms with van der Waals surface area (Å²) in [6, 6.07) is 28.6. The monoisotopic (exact) mass is 1050 g/mol. The molecular formula is C52H62N6O16Si. The zero-order valence-corrected chi connectivity index (χ0v) is 42.4. The number of ether oxygens (including phenoxy) is 4. The number of hydrogen-bond donors (Lipinski definition) is 11. The average Bonchev–Trinajstić information content (AvgIpc) is 4.13. The van der Waals surface area contributed by atoms with Gasteiger partial charge < -0.3 is 80.4 Å². The molecule has 0 bridgehead atoms. The number of benzene rings is 4. The highest BCUT2D eigenvalue weighted by Crippen LogP contribution is 2.60. The van der Waals surface area contributed by atoms with Gasteiger partial charge in [0, 0.05) is 35.6 Å². The summed E-state index contributed by atoms with van der Waals surface area (Å²) in [5.74, 6) is -2.51. The maximum absolute atomic E-state index is 15.8. The second-order valence-electron chi connectivity index (χ2n) is 20.1. The van der Waals surface area contributed by atoms with Crippen molar-refractivity contribution < 1.29 is 79.3 Å². The molecule has 3 fully saturated rings. The van der Waals surface area contributed by atoms with E-state index in [0.717, 1.165) is 10.8 Å². The molecule has 75 heavy (non-hydrogen) atoms. The van der Waals surface area contributed by atoms with Gasteiger partial charge in [-0.3, -0.25) is 19.1 Å². The Balaban J connectivity index is 1.06. The smallest absolute Gasteiger partial charge is 0.264 e. The van der Waals surface area contributed by atoms with Crippen LogP contribution in [-0.2, 0) is 47.3 Å². The molecule has 23 heteroatoms. The number of rotatable bonds is 15. The van der Waals surface area contributed by atoms with Gasteiger partial charge in [-0.2, -0.15) is 0 Å². The molecule has 4 aliphatic heterocycles. The average molecular weight is 1060 g/mol. The van der Waals surface area contributed by atoms with E-state index in [-0.39, 0.29) is 30.1 Å². The van der Waals surface area contributed by atoms with Crippen molar-refractivity contribution in [1.82, 2.24) is 15.0 Å². The lowest BCUT2D eigenvalue weighted by molar-refractivity contribution is -0.274. The molecule has 5 heterocycles. The van der Waals surface area contributed by atoms with Crippen LogP contribution in [0.4, 0.5) is 17.1 Å². The van der Waals surface area contributed by atoms with Gasteiger partial charge in [-0.25, -0.2) is 0 Å². The number of carbonyl (C=O) groups is 3. The topological polar surface area (TPSA) is 328 Å². The largest absolute Gasteiger partial charge is 0.497 e. The quantitative estimate of drug-likeness (QED) is 0.0602. The van der Waals surface area contributed by atoms with Gasteiger partial charge in [0.15, 0.2) is 30.4 Å². The summed E-state index contributed by atoms with van der Waals surface area (Å²) < 4.78 is 24.9. The number of aryl methyl sites for hydroxylation is 1. The minimum atomic E-state index is -2.70. The molecule has 5 aromatic rings. The summed E-state index contributed by atoms with van der Waals surface area (Å²) >= 11 is 0. The number of carbonyl (C=O) groups excluding carboxylic acids is 3. The fourth-order valence-corrected chi connectivity index (χ4v) is 15.2. The van der Waals surface area contributed by atoms with Crippen molar-refractivity contribution in [2.75, 3.05) is 29.3 Å². The number of anilines is 3. The van der Waals surface area contributed by atoms with Gasteiger partial charge >= 0.3 is 0 Å². The Hall–Kier alpha value is -6.03. The molecule has 1 aromatic heterocycles. The Morgan fingerprint density at radius 2 is 1.36 bits per heavy atom. The number of methoxy groups -OCH3 is 1. The van der Waals surface area contributed by atoms with Gasteiger partial charge in [0.05, 0.1) is 51.7 Å². The lowest BCUT2D eigenvalue weighted by Crippen LogP contribution is -2.60. The van der Waals surface area contributed by atoms with Crippen LogP contribution in [0.1, 0.15) is 41.6 Å². The third-order valence-electron chi connectivity index (χ3n) is 15.3. The molecule has 1 spiro atoms. The minimum Gasteiger partial charge on any atom is -0.497 e. The third kappa shape index (κ3) is 10.0. The zero-order chi connectivity index (χ0) is 53.7. The number of amides is 3. The highest BCUT2D eigenvalue weighted by molar-refractivity contribution is 6.91. The standard InChI is InChI=1S/C52H62N6O16Si/c1-26-46(75(3,4)32-17-15-31(71-2)16-18-32)37(20-21-57-24-35(55-56-57)33(25-59)28-8-6-5-7-9-28)74-52(26)34-22-30(54-48(67)45-41(63)39(61)43(65)50(69)73-45)14-19-36(34)58(51(52)70)23-27-10-12-29(13-11-27)53-47(66)44-40(62)38(60)42(64)49(68)72-44/h5-19,22,24,26,33,37-46,49-50,59-65,68-69H,20-21,23,25H2,1-4H3,(H,53,66)(H,54,67)/t26-,33?,37+,38+,39+,40+,41+,42-,43-,44+,45+,46-,49-,50-,52+/m1/s1. The van der Waals surface area contributed by atoms with Crippen LogP contribution in [-0.4, -0.2) is 168 Å². The van der Waals surface area contributed by atoms with Crippen molar-refractivity contribution in [2.24, 2.45) is 5.92 Å². The molecule has 9 rings (SSSR count). The minimum absolute atomic E-state index is 0.00562. The first-order valence-electron chi connectivity index (χ1n) is 24.6. The lowest BCUT2D eigenvalue weighted by atomic mass is 9.82. The van der Waals surface area contributed by atoms with E-state index in [0.29, 0.717) is 41.2 Å². The van der Waals surface area contributed by atoms with Crippen molar-refractivity contribution >= 4 is 48.0 Å². The summed E-state index contributed by atoms with van der Waals surface area (Å²) in [7, 11) is -1.11. The van der Waals surface area contributed by atoms with Crippen molar-refractivity contribution in [3.63, 3.8) is 0 Å². The van der Waals surface area contributed by atoms with Crippen LogP contribution in [0.2, 0.25) is 18.6 Å². The zero-order valence-electron chi connectivity index (χ0n) is 41.4. The number of fused-ring (bicyclic) bond motifs is 2. The summed E-state index contributed by atoms with van der Waals surface area (Å²) in [5.41, 5.74) is 1.43. The fourth-order valence-electron chi connectivity index (χ4n) is 11.2. The van der Waals surface area contributed by atoms with Crippen LogP contribution in [0.5, 0.6) is 5.75 Å². The van der Waals surface area contributed by atoms with Crippen LogP contribution in [0.25, 0.3) is 0 Å². The van der Waals surface area contributed by atoms with Gasteiger partial charge in [-0.05, 0) is 65.6 Å². The molecule has 4 aromatic carbocycles. The third-order valence-corrected chi connectivity index (χ3v) is 19.7. The van der Waals surface area contributed by atoms with Crippen LogP contribution < -0.4 is 25.5 Å². The van der Waals surface area contributed by atoms with Crippen molar-refractivity contribution in [1.29, 1.82) is 0 Å². The second kappa shape index (κ2) is 21.5. The van der Waals surface area contributed by atoms with Crippen LogP contribution in [0.3, 0.4) is 0 Å². The Morgan fingerprint density at radius 1 is 0.773 bits per heavy atom. The van der Waals surface area contributed by atoms with Gasteiger partial charge in [-0.1, -0.05) is 85.0 Å². The van der Waals surface area contributed by atoms with Crippen molar-refractivity contribution in [2.45, 2.75) is 124 Å². The molecule has 0 aliphatic carbocycles. The number of nitrogens with one attached hydrogen (secondary N) is 2. The first-order valence-corrected chi connectivity index (χ1v) is 27.7. The summed E-state index contributed by atoms with van der Waals surface area (Å²) in [6.07, 6.45) is -17.0. The van der Waals surface area contributed by atoms with Crippen LogP contribution in [0, 0.1) is 5.92 Å². The molecule has 11 N–H and O–H groups in total. The highest BCUT2D eigenvalue weighted by Gasteiger charge is 2.66. The predicted octanol–water partition coefficient (Wildman–Crippen LogP) is -0.259. The highest BCUT2D eigenvalue weighted by atomic mass is 28.3. The SMILES string of the molecule is COc1ccc([Si](C)(C)[C@H]2[C@H](CCn3cc(C(CO)c4ccccc4)nn3)O[C@@]3(C(=O)N(Cc4ccc(NC(=O)[C@H]5O[C@@H](O)[C@H](O)[C@@H](O)[C@@H]5O)cc4)c4ccc(NC(=O)[C@H]5O[C@@H](O)[C@H](O)[C@@H](O)[C@@H]5O)cc43)[C@@H]2C)cc1. The van der Waals surface area contributed by atoms with Gasteiger partial charge in [0.25, 0.3) is 17.7 Å². The van der Waals surface area contributed by atoms with E-state index < -0.39 is 111 Å². The Labute approximate surface area is 431 Å². The lowest BCUT2D eigenvalue weighted by Gasteiger charge is -2.37. The molecule has 15 atom stereocenters. The van der Waals surface area contributed by atoms with E-state index in [2.05, 4.69) is 34.0 Å². The predicted molar refractivity (Wildman–Crippen MR) is 269 cm³/mol. The molecule has 3 amide bonds. The Morgan fingerprint density at radius 3 is 1.95 bits per heavy atom. The molecule has 0 radical (unpaired) electrons. The van der Waals surface area contributed by atoms with E-state index in [1.165, 1.54) is 0 Å². The number of hydrogen-bond acceptors (Lipinski definition) is 18. The maximum atomic E-state index is 15.8. The number of nitrogens with zero attached hydrogens (tertiary/aromatic N) is 4. The number of aromatic nitrogens is 3. The molecule has 3 saturated heterocycles. The molecule has 22 nitrogen and oxygen atoms in total. The van der Waals surface area contributed by atoms with E-state index in [4.69, 9.17) is 18.9 Å². The fraction of sp³-hybridized carbons (Fsp3) is 0.442. The second-order valence-corrected chi connectivity index (χ2v) is 24.8. The van der Waals surface area contributed by atoms with E-state index in [1.54, 1.807) is 65.4 Å². The van der Waals surface area contributed by atoms with Gasteiger partial charge in [0.2, 0.25) is 0 Å². The summed E-state index contributed by atoms with van der Waals surface area (Å²) in [5, 5.41) is 107. The van der Waals surface area contributed by atoms with E-state index >= 15 is 4.79 Å². The van der Waals surface area contributed by atoms with E-state index in [1.807, 2.05) is 61.5 Å². The first kappa shape index (κ1) is 53.8. The molecule has 0 saturated carbocycles. The van der Waals surface area contributed by atoms with E-state index in [9.17, 15) is 55.5 Å². The van der Waals surface area contributed by atoms with Gasteiger partial charge in [-0.15, -0.1) is 5.10 Å². The number of aliphatic hydroxyl groups excluding tert-OH is 9. The molecule has 1 unspecified atom stereocenters. The molecular weight excluding hydrogens is 993 g/mol.